The Kier molecular flexibility index (Phi) is 3.37. The van der Waals surface area contributed by atoms with Crippen LogP contribution in [0.3, 0.4) is 0 Å². The summed E-state index contributed by atoms with van der Waals surface area (Å²) in [6.45, 7) is 3.94. The number of hydrogen-bond acceptors (Lipinski definition) is 2. The molecule has 2 nitrogen and oxygen atoms in total. The lowest BCUT2D eigenvalue weighted by molar-refractivity contribution is 0.0197. The van der Waals surface area contributed by atoms with Crippen LogP contribution in [0.5, 0.6) is 5.75 Å². The van der Waals surface area contributed by atoms with Crippen molar-refractivity contribution in [2.75, 3.05) is 13.2 Å². The molecule has 18 heavy (non-hydrogen) atoms. The fourth-order valence-electron chi connectivity index (χ4n) is 2.89. The molecule has 0 aliphatic carbocycles. The van der Waals surface area contributed by atoms with Gasteiger partial charge in [0.1, 0.15) is 5.75 Å². The molecule has 0 N–H and O–H groups in total. The van der Waals surface area contributed by atoms with Gasteiger partial charge in [0.2, 0.25) is 0 Å². The van der Waals surface area contributed by atoms with Gasteiger partial charge in [-0.2, -0.15) is 0 Å². The number of alkyl halides is 1. The minimum atomic E-state index is -0.0657. The minimum absolute atomic E-state index is 0.0657. The number of fused-ring (bicyclic) bond motifs is 1. The van der Waals surface area contributed by atoms with Crippen molar-refractivity contribution < 1.29 is 9.47 Å². The summed E-state index contributed by atoms with van der Waals surface area (Å²) >= 11 is 3.83. The molecule has 2 aliphatic heterocycles. The maximum absolute atomic E-state index is 5.92. The molecule has 3 heteroatoms. The van der Waals surface area contributed by atoms with E-state index in [1.165, 1.54) is 11.1 Å². The van der Waals surface area contributed by atoms with Gasteiger partial charge in [0.15, 0.2) is 0 Å². The average Bonchev–Trinajstić information content (AvgIpc) is 2.85. The van der Waals surface area contributed by atoms with Crippen molar-refractivity contribution in [1.82, 2.24) is 0 Å². The molecule has 0 radical (unpaired) electrons. The quantitative estimate of drug-likeness (QED) is 0.768. The van der Waals surface area contributed by atoms with Crippen LogP contribution in [0.4, 0.5) is 0 Å². The molecule has 2 unspecified atom stereocenters. The minimum Gasteiger partial charge on any atom is -0.493 e. The molecule has 2 atom stereocenters. The Balaban J connectivity index is 1.87. The smallest absolute Gasteiger partial charge is 0.122 e. The van der Waals surface area contributed by atoms with E-state index in [0.717, 1.165) is 44.6 Å². The van der Waals surface area contributed by atoms with Crippen LogP contribution in [0.15, 0.2) is 18.2 Å². The maximum Gasteiger partial charge on any atom is 0.122 e. The number of ether oxygens (including phenoxy) is 2. The van der Waals surface area contributed by atoms with Crippen LogP contribution < -0.4 is 4.74 Å². The highest BCUT2D eigenvalue weighted by atomic mass is 79.9. The fraction of sp³-hybridized carbons (Fsp3) is 0.600. The molecule has 0 spiro atoms. The Labute approximate surface area is 117 Å². The molecule has 0 amide bonds. The van der Waals surface area contributed by atoms with Crippen molar-refractivity contribution in [3.63, 3.8) is 0 Å². The highest BCUT2D eigenvalue weighted by Crippen LogP contribution is 2.44. The second-order valence-electron chi connectivity index (χ2n) is 5.45. The van der Waals surface area contributed by atoms with Crippen molar-refractivity contribution in [2.24, 2.45) is 0 Å². The van der Waals surface area contributed by atoms with E-state index in [1.807, 2.05) is 0 Å². The van der Waals surface area contributed by atoms with E-state index in [0.29, 0.717) is 0 Å². The molecule has 2 aliphatic rings. The second-order valence-corrected chi connectivity index (χ2v) is 6.36. The number of rotatable bonds is 2. The molecule has 0 saturated carbocycles. The van der Waals surface area contributed by atoms with Crippen LogP contribution in [-0.2, 0) is 11.2 Å². The van der Waals surface area contributed by atoms with E-state index in [4.69, 9.17) is 9.47 Å². The molecule has 0 bridgehead atoms. The first-order valence-corrected chi connectivity index (χ1v) is 7.64. The van der Waals surface area contributed by atoms with Crippen LogP contribution in [0, 0.1) is 0 Å². The Morgan fingerprint density at radius 3 is 2.94 bits per heavy atom. The summed E-state index contributed by atoms with van der Waals surface area (Å²) in [6, 6.07) is 6.55. The molecule has 2 heterocycles. The molecular weight excluding hydrogens is 292 g/mol. The zero-order chi connectivity index (χ0) is 12.6. The van der Waals surface area contributed by atoms with E-state index in [1.54, 1.807) is 0 Å². The third-order valence-electron chi connectivity index (χ3n) is 4.01. The molecule has 1 saturated heterocycles. The standard InChI is InChI=1S/C15H19BrO2/c1-15(7-3-9-18-15)14(16)12-5-6-13-11(10-12)4-2-8-17-13/h5-6,10,14H,2-4,7-9H2,1H3. The molecular formula is C15H19BrO2. The molecule has 0 aromatic heterocycles. The van der Waals surface area contributed by atoms with Gasteiger partial charge in [-0.25, -0.2) is 0 Å². The van der Waals surface area contributed by atoms with E-state index in [-0.39, 0.29) is 10.4 Å². The largest absolute Gasteiger partial charge is 0.493 e. The second kappa shape index (κ2) is 4.86. The van der Waals surface area contributed by atoms with Crippen LogP contribution in [0.2, 0.25) is 0 Å². The maximum atomic E-state index is 5.92. The van der Waals surface area contributed by atoms with Crippen molar-refractivity contribution in [3.05, 3.63) is 29.3 Å². The van der Waals surface area contributed by atoms with Gasteiger partial charge in [-0.3, -0.25) is 0 Å². The van der Waals surface area contributed by atoms with Crippen LogP contribution in [0.1, 0.15) is 42.1 Å². The summed E-state index contributed by atoms with van der Waals surface area (Å²) in [6.07, 6.45) is 4.53. The van der Waals surface area contributed by atoms with Crippen LogP contribution in [-0.4, -0.2) is 18.8 Å². The van der Waals surface area contributed by atoms with E-state index in [2.05, 4.69) is 41.1 Å². The van der Waals surface area contributed by atoms with Crippen molar-refractivity contribution in [1.29, 1.82) is 0 Å². The predicted octanol–water partition coefficient (Wildman–Crippen LogP) is 4.02. The summed E-state index contributed by atoms with van der Waals surface area (Å²) in [7, 11) is 0. The Morgan fingerprint density at radius 2 is 2.17 bits per heavy atom. The van der Waals surface area contributed by atoms with Gasteiger partial charge in [-0.05, 0) is 49.8 Å². The van der Waals surface area contributed by atoms with E-state index in [9.17, 15) is 0 Å². The van der Waals surface area contributed by atoms with Gasteiger partial charge in [0.25, 0.3) is 0 Å². The van der Waals surface area contributed by atoms with Crippen molar-refractivity contribution in [2.45, 2.75) is 43.0 Å². The Hall–Kier alpha value is -0.540. The predicted molar refractivity (Wildman–Crippen MR) is 75.5 cm³/mol. The van der Waals surface area contributed by atoms with Crippen molar-refractivity contribution in [3.8, 4) is 5.75 Å². The number of benzene rings is 1. The Morgan fingerprint density at radius 1 is 1.28 bits per heavy atom. The van der Waals surface area contributed by atoms with Gasteiger partial charge < -0.3 is 9.47 Å². The summed E-state index contributed by atoms with van der Waals surface area (Å²) in [5.74, 6) is 1.06. The van der Waals surface area contributed by atoms with E-state index < -0.39 is 0 Å². The first-order chi connectivity index (χ1) is 8.69. The zero-order valence-corrected chi connectivity index (χ0v) is 12.3. The third-order valence-corrected chi connectivity index (χ3v) is 5.51. The molecule has 1 aromatic carbocycles. The van der Waals surface area contributed by atoms with Gasteiger partial charge in [-0.1, -0.05) is 28.1 Å². The third kappa shape index (κ3) is 2.19. The number of aryl methyl sites for hydroxylation is 1. The van der Waals surface area contributed by atoms with Crippen LogP contribution >= 0.6 is 15.9 Å². The normalized spacial score (nSPS) is 28.6. The van der Waals surface area contributed by atoms with Gasteiger partial charge in [0.05, 0.1) is 17.0 Å². The molecule has 1 fully saturated rings. The molecule has 98 valence electrons. The summed E-state index contributed by atoms with van der Waals surface area (Å²) < 4.78 is 11.6. The highest BCUT2D eigenvalue weighted by Gasteiger charge is 2.38. The first kappa shape index (κ1) is 12.5. The first-order valence-electron chi connectivity index (χ1n) is 6.73. The van der Waals surface area contributed by atoms with Gasteiger partial charge in [-0.15, -0.1) is 0 Å². The molecule has 1 aromatic rings. The lowest BCUT2D eigenvalue weighted by Crippen LogP contribution is -2.28. The van der Waals surface area contributed by atoms with Gasteiger partial charge >= 0.3 is 0 Å². The SMILES string of the molecule is CC1(C(Br)c2ccc3c(c2)CCCO3)CCCO1. The topological polar surface area (TPSA) is 18.5 Å². The molecule has 3 rings (SSSR count). The summed E-state index contributed by atoms with van der Waals surface area (Å²) in [4.78, 5) is 0.264. The number of halogens is 1. The highest BCUT2D eigenvalue weighted by molar-refractivity contribution is 9.09. The monoisotopic (exact) mass is 310 g/mol. The van der Waals surface area contributed by atoms with E-state index >= 15 is 0 Å². The van der Waals surface area contributed by atoms with Gasteiger partial charge in [0, 0.05) is 6.61 Å². The summed E-state index contributed by atoms with van der Waals surface area (Å²) in [5.41, 5.74) is 2.58. The number of hydrogen-bond donors (Lipinski definition) is 0. The lowest BCUT2D eigenvalue weighted by atomic mass is 9.91. The average molecular weight is 311 g/mol. The lowest BCUT2D eigenvalue weighted by Gasteiger charge is -2.30. The zero-order valence-electron chi connectivity index (χ0n) is 10.7. The summed E-state index contributed by atoms with van der Waals surface area (Å²) in [5, 5.41) is 0. The fourth-order valence-corrected chi connectivity index (χ4v) is 3.54. The van der Waals surface area contributed by atoms with Crippen molar-refractivity contribution >= 4 is 15.9 Å². The Bertz CT molecular complexity index is 438. The van der Waals surface area contributed by atoms with Crippen LogP contribution in [0.25, 0.3) is 0 Å².